The third kappa shape index (κ3) is 3.87. The van der Waals surface area contributed by atoms with E-state index in [-0.39, 0.29) is 23.9 Å². The quantitative estimate of drug-likeness (QED) is 0.389. The second-order valence-corrected chi connectivity index (χ2v) is 5.27. The Hall–Kier alpha value is -2.51. The van der Waals surface area contributed by atoms with E-state index < -0.39 is 5.91 Å². The zero-order chi connectivity index (χ0) is 17.5. The summed E-state index contributed by atoms with van der Waals surface area (Å²) in [7, 11) is 1.62. The number of nitrogens with zero attached hydrogens (tertiary/aromatic N) is 1. The maximum atomic E-state index is 12.2. The van der Waals surface area contributed by atoms with Gasteiger partial charge < -0.3 is 15.4 Å². The van der Waals surface area contributed by atoms with Crippen LogP contribution >= 0.6 is 0 Å². The normalized spacial score (nSPS) is 13.1. The van der Waals surface area contributed by atoms with Crippen LogP contribution in [0.25, 0.3) is 0 Å². The van der Waals surface area contributed by atoms with Crippen LogP contribution in [-0.2, 0) is 4.74 Å². The van der Waals surface area contributed by atoms with Crippen LogP contribution in [0, 0.1) is 0 Å². The number of nitrogens with one attached hydrogen (secondary N) is 2. The maximum absolute atomic E-state index is 12.2. The molecule has 0 radical (unpaired) electrons. The summed E-state index contributed by atoms with van der Waals surface area (Å²) in [5.74, 6) is -1.04. The Kier molecular flexibility index (Phi) is 6.22. The van der Waals surface area contributed by atoms with Gasteiger partial charge in [-0.2, -0.15) is 0 Å². The molecule has 0 spiro atoms. The van der Waals surface area contributed by atoms with Crippen molar-refractivity contribution in [1.29, 1.82) is 0 Å². The number of fused-ring (bicyclic) bond motifs is 1. The first kappa shape index (κ1) is 17.8. The summed E-state index contributed by atoms with van der Waals surface area (Å²) in [5, 5.41) is 5.87. The molecule has 0 aromatic heterocycles. The molecule has 2 N–H and O–H groups in total. The van der Waals surface area contributed by atoms with E-state index in [4.69, 9.17) is 4.74 Å². The smallest absolute Gasteiger partial charge is 0.261 e. The monoisotopic (exact) mass is 331 g/mol. The van der Waals surface area contributed by atoms with E-state index in [1.165, 1.54) is 18.2 Å². The van der Waals surface area contributed by atoms with E-state index in [0.29, 0.717) is 37.4 Å². The van der Waals surface area contributed by atoms with E-state index in [2.05, 4.69) is 17.2 Å². The Bertz CT molecular complexity index is 657. The molecule has 7 heteroatoms. The Morgan fingerprint density at radius 1 is 1.21 bits per heavy atom. The van der Waals surface area contributed by atoms with Gasteiger partial charge in [0.2, 0.25) is 0 Å². The van der Waals surface area contributed by atoms with Crippen molar-refractivity contribution in [1.82, 2.24) is 15.5 Å². The van der Waals surface area contributed by atoms with Gasteiger partial charge in [0.15, 0.2) is 0 Å². The highest BCUT2D eigenvalue weighted by Gasteiger charge is 2.35. The number of rotatable bonds is 9. The van der Waals surface area contributed by atoms with Crippen molar-refractivity contribution in [3.8, 4) is 0 Å². The van der Waals surface area contributed by atoms with Gasteiger partial charge in [0.1, 0.15) is 0 Å². The van der Waals surface area contributed by atoms with Crippen LogP contribution in [0.5, 0.6) is 0 Å². The van der Waals surface area contributed by atoms with Crippen LogP contribution in [-0.4, -0.2) is 62.5 Å². The van der Waals surface area contributed by atoms with E-state index in [0.717, 1.165) is 4.90 Å². The van der Waals surface area contributed by atoms with Crippen LogP contribution in [0.4, 0.5) is 0 Å². The largest absolute Gasteiger partial charge is 0.383 e. The van der Waals surface area contributed by atoms with Gasteiger partial charge in [-0.3, -0.25) is 19.3 Å². The number of benzene rings is 1. The molecular weight excluding hydrogens is 310 g/mol. The molecule has 1 heterocycles. The maximum Gasteiger partial charge on any atom is 0.261 e. The van der Waals surface area contributed by atoms with Gasteiger partial charge in [-0.05, 0) is 18.2 Å². The van der Waals surface area contributed by atoms with Crippen molar-refractivity contribution < 1.29 is 19.1 Å². The zero-order valence-corrected chi connectivity index (χ0v) is 13.6. The van der Waals surface area contributed by atoms with Crippen LogP contribution in [0.2, 0.25) is 0 Å². The zero-order valence-electron chi connectivity index (χ0n) is 13.6. The molecule has 1 aliphatic rings. The first-order valence-electron chi connectivity index (χ1n) is 7.69. The lowest BCUT2D eigenvalue weighted by molar-refractivity contribution is 0.0672. The molecule has 24 heavy (non-hydrogen) atoms. The molecule has 1 aliphatic heterocycles. The molecule has 0 saturated carbocycles. The Balaban J connectivity index is 1.97. The molecule has 7 nitrogen and oxygen atoms in total. The molecular formula is C17H21N3O4. The van der Waals surface area contributed by atoms with Crippen LogP contribution in [0.15, 0.2) is 30.9 Å². The summed E-state index contributed by atoms with van der Waals surface area (Å²) in [6.45, 7) is 6.08. The van der Waals surface area contributed by atoms with Crippen LogP contribution in [0.3, 0.4) is 0 Å². The third-order valence-corrected chi connectivity index (χ3v) is 3.61. The van der Waals surface area contributed by atoms with E-state index in [1.54, 1.807) is 13.2 Å². The number of methoxy groups -OCH3 is 1. The van der Waals surface area contributed by atoms with Crippen molar-refractivity contribution in [2.75, 3.05) is 39.9 Å². The van der Waals surface area contributed by atoms with Crippen molar-refractivity contribution >= 4 is 17.7 Å². The molecule has 0 bridgehead atoms. The summed E-state index contributed by atoms with van der Waals surface area (Å²) < 4.78 is 4.91. The SMILES string of the molecule is C=CCN1C(=O)c2ccc(C(=O)NCCNCCOC)cc2C1=O. The fourth-order valence-electron chi connectivity index (χ4n) is 2.39. The van der Waals surface area contributed by atoms with Gasteiger partial charge in [-0.15, -0.1) is 6.58 Å². The summed E-state index contributed by atoms with van der Waals surface area (Å²) >= 11 is 0. The second kappa shape index (κ2) is 8.37. The van der Waals surface area contributed by atoms with Gasteiger partial charge in [0.25, 0.3) is 17.7 Å². The van der Waals surface area contributed by atoms with Gasteiger partial charge in [0.05, 0.1) is 17.7 Å². The van der Waals surface area contributed by atoms with Crippen molar-refractivity contribution in [2.45, 2.75) is 0 Å². The number of ether oxygens (including phenoxy) is 1. The van der Waals surface area contributed by atoms with E-state index in [9.17, 15) is 14.4 Å². The Morgan fingerprint density at radius 3 is 2.67 bits per heavy atom. The second-order valence-electron chi connectivity index (χ2n) is 5.27. The average Bonchev–Trinajstić information content (AvgIpc) is 2.82. The van der Waals surface area contributed by atoms with Crippen molar-refractivity contribution in [2.24, 2.45) is 0 Å². The number of carbonyl (C=O) groups excluding carboxylic acids is 3. The van der Waals surface area contributed by atoms with Gasteiger partial charge in [-0.1, -0.05) is 6.08 Å². The minimum absolute atomic E-state index is 0.154. The summed E-state index contributed by atoms with van der Waals surface area (Å²) in [4.78, 5) is 37.6. The minimum Gasteiger partial charge on any atom is -0.383 e. The molecule has 1 aromatic rings. The molecule has 0 fully saturated rings. The number of carbonyl (C=O) groups is 3. The predicted molar refractivity (Wildman–Crippen MR) is 89.1 cm³/mol. The summed E-state index contributed by atoms with van der Waals surface area (Å²) in [5.41, 5.74) is 0.930. The van der Waals surface area contributed by atoms with Crippen molar-refractivity contribution in [3.05, 3.63) is 47.5 Å². The number of amides is 3. The molecule has 0 saturated heterocycles. The summed E-state index contributed by atoms with van der Waals surface area (Å²) in [6.07, 6.45) is 1.49. The van der Waals surface area contributed by atoms with Gasteiger partial charge in [-0.25, -0.2) is 0 Å². The van der Waals surface area contributed by atoms with E-state index >= 15 is 0 Å². The van der Waals surface area contributed by atoms with Gasteiger partial charge >= 0.3 is 0 Å². The highest BCUT2D eigenvalue weighted by atomic mass is 16.5. The lowest BCUT2D eigenvalue weighted by Gasteiger charge is -2.09. The molecule has 3 amide bonds. The Labute approximate surface area is 140 Å². The van der Waals surface area contributed by atoms with Gasteiger partial charge in [0, 0.05) is 38.9 Å². The molecule has 0 aliphatic carbocycles. The summed E-state index contributed by atoms with van der Waals surface area (Å²) in [6, 6.07) is 4.53. The predicted octanol–water partition coefficient (Wildman–Crippen LogP) is 0.434. The van der Waals surface area contributed by atoms with E-state index in [1.807, 2.05) is 0 Å². The molecule has 1 aromatic carbocycles. The molecule has 2 rings (SSSR count). The minimum atomic E-state index is -0.397. The first-order chi connectivity index (χ1) is 11.6. The first-order valence-corrected chi connectivity index (χ1v) is 7.69. The highest BCUT2D eigenvalue weighted by Crippen LogP contribution is 2.23. The Morgan fingerprint density at radius 2 is 1.96 bits per heavy atom. The van der Waals surface area contributed by atoms with Crippen LogP contribution < -0.4 is 10.6 Å². The fraction of sp³-hybridized carbons (Fsp3) is 0.353. The molecule has 128 valence electrons. The number of imide groups is 1. The lowest BCUT2D eigenvalue weighted by Crippen LogP contribution is -2.33. The topological polar surface area (TPSA) is 87.7 Å². The lowest BCUT2D eigenvalue weighted by atomic mass is 10.1. The average molecular weight is 331 g/mol. The highest BCUT2D eigenvalue weighted by molar-refractivity contribution is 6.22. The standard InChI is InChI=1S/C17H21N3O4/c1-3-9-20-16(22)13-5-4-12(11-14(13)17(20)23)15(21)19-7-6-18-8-10-24-2/h3-5,11,18H,1,6-10H2,2H3,(H,19,21). The number of hydrogen-bond donors (Lipinski definition) is 2. The third-order valence-electron chi connectivity index (χ3n) is 3.61. The van der Waals surface area contributed by atoms with Crippen LogP contribution in [0.1, 0.15) is 31.1 Å². The fourth-order valence-corrected chi connectivity index (χ4v) is 2.39. The molecule has 0 unspecified atom stereocenters. The van der Waals surface area contributed by atoms with Crippen molar-refractivity contribution in [3.63, 3.8) is 0 Å². The molecule has 0 atom stereocenters. The number of hydrogen-bond acceptors (Lipinski definition) is 5.